The van der Waals surface area contributed by atoms with Crippen LogP contribution < -0.4 is 5.32 Å². The highest BCUT2D eigenvalue weighted by Crippen LogP contribution is 2.23. The van der Waals surface area contributed by atoms with E-state index in [0.717, 1.165) is 25.9 Å². The molecule has 0 radical (unpaired) electrons. The predicted molar refractivity (Wildman–Crippen MR) is 74.3 cm³/mol. The summed E-state index contributed by atoms with van der Waals surface area (Å²) in [4.78, 5) is 0. The highest BCUT2D eigenvalue weighted by molar-refractivity contribution is 9.10. The number of hydrogen-bond acceptors (Lipinski definition) is 4. The zero-order valence-electron chi connectivity index (χ0n) is 10.6. The maximum Gasteiger partial charge on any atom is 0.247 e. The van der Waals surface area contributed by atoms with Gasteiger partial charge in [0.2, 0.25) is 11.8 Å². The van der Waals surface area contributed by atoms with Crippen molar-refractivity contribution in [1.82, 2.24) is 15.5 Å². The Hall–Kier alpha value is -1.27. The summed E-state index contributed by atoms with van der Waals surface area (Å²) >= 11 is 3.24. The smallest absolute Gasteiger partial charge is 0.247 e. The minimum absolute atomic E-state index is 0.337. The lowest BCUT2D eigenvalue weighted by molar-refractivity contribution is 0.492. The molecule has 2 aromatic rings. The summed E-state index contributed by atoms with van der Waals surface area (Å²) in [6, 6.07) is 4.51. The van der Waals surface area contributed by atoms with Crippen LogP contribution in [0.3, 0.4) is 0 Å². The Bertz CT molecular complexity index is 524. The Balaban J connectivity index is 2.03. The Kier molecular flexibility index (Phi) is 5.04. The lowest BCUT2D eigenvalue weighted by Gasteiger charge is -1.98. The number of aromatic nitrogens is 2. The number of hydrogen-bond donors (Lipinski definition) is 1. The molecule has 0 aliphatic rings. The van der Waals surface area contributed by atoms with Gasteiger partial charge in [0.1, 0.15) is 5.82 Å². The molecule has 19 heavy (non-hydrogen) atoms. The second kappa shape index (κ2) is 6.77. The molecule has 102 valence electrons. The van der Waals surface area contributed by atoms with Gasteiger partial charge in [-0.1, -0.05) is 22.9 Å². The van der Waals surface area contributed by atoms with Crippen LogP contribution >= 0.6 is 15.9 Å². The van der Waals surface area contributed by atoms with Gasteiger partial charge in [-0.15, -0.1) is 10.2 Å². The molecule has 1 aromatic heterocycles. The molecule has 6 heteroatoms. The first-order chi connectivity index (χ1) is 9.19. The second-order valence-electron chi connectivity index (χ2n) is 4.12. The molecule has 1 heterocycles. The second-order valence-corrected chi connectivity index (χ2v) is 5.03. The van der Waals surface area contributed by atoms with Gasteiger partial charge in [-0.05, 0) is 37.7 Å². The summed E-state index contributed by atoms with van der Waals surface area (Å²) in [6.07, 6.45) is 1.65. The Morgan fingerprint density at radius 1 is 1.32 bits per heavy atom. The topological polar surface area (TPSA) is 51.0 Å². The number of benzene rings is 1. The predicted octanol–water partition coefficient (Wildman–Crippen LogP) is 3.18. The first-order valence-corrected chi connectivity index (χ1v) is 6.98. The maximum absolute atomic E-state index is 13.3. The van der Waals surface area contributed by atoms with E-state index in [1.807, 2.05) is 0 Å². The van der Waals surface area contributed by atoms with Gasteiger partial charge in [0.25, 0.3) is 0 Å². The molecule has 0 amide bonds. The van der Waals surface area contributed by atoms with E-state index in [0.29, 0.717) is 21.8 Å². The molecular formula is C13H15BrFN3O. The van der Waals surface area contributed by atoms with Crippen molar-refractivity contribution in [3.63, 3.8) is 0 Å². The maximum atomic E-state index is 13.3. The summed E-state index contributed by atoms with van der Waals surface area (Å²) in [5, 5.41) is 11.1. The largest absolute Gasteiger partial charge is 0.421 e. The molecule has 4 nitrogen and oxygen atoms in total. The summed E-state index contributed by atoms with van der Waals surface area (Å²) in [7, 11) is 0. The van der Waals surface area contributed by atoms with Gasteiger partial charge < -0.3 is 9.73 Å². The van der Waals surface area contributed by atoms with Gasteiger partial charge in [-0.25, -0.2) is 4.39 Å². The average molecular weight is 328 g/mol. The van der Waals surface area contributed by atoms with Crippen LogP contribution in [0, 0.1) is 5.82 Å². The van der Waals surface area contributed by atoms with Crippen LogP contribution in [-0.2, 0) is 6.42 Å². The first-order valence-electron chi connectivity index (χ1n) is 6.18. The van der Waals surface area contributed by atoms with E-state index in [2.05, 4.69) is 38.4 Å². The van der Waals surface area contributed by atoms with E-state index in [1.165, 1.54) is 12.1 Å². The fourth-order valence-corrected chi connectivity index (χ4v) is 2.16. The van der Waals surface area contributed by atoms with Gasteiger partial charge in [0.15, 0.2) is 0 Å². The molecule has 0 aliphatic heterocycles. The number of aryl methyl sites for hydroxylation is 1. The molecule has 0 bridgehead atoms. The van der Waals surface area contributed by atoms with E-state index < -0.39 is 0 Å². The summed E-state index contributed by atoms with van der Waals surface area (Å²) < 4.78 is 19.4. The fraction of sp³-hybridized carbons (Fsp3) is 0.385. The molecular weight excluding hydrogens is 313 g/mol. The SMILES string of the molecule is CCNCCCc1nnc(-c2cc(F)cc(Br)c2)o1. The van der Waals surface area contributed by atoms with Gasteiger partial charge in [0.05, 0.1) is 0 Å². The van der Waals surface area contributed by atoms with Crippen molar-refractivity contribution in [3.05, 3.63) is 34.4 Å². The Labute approximate surface area is 119 Å². The number of nitrogens with one attached hydrogen (secondary N) is 1. The normalized spacial score (nSPS) is 10.9. The van der Waals surface area contributed by atoms with Crippen molar-refractivity contribution >= 4 is 15.9 Å². The van der Waals surface area contributed by atoms with Crippen molar-refractivity contribution in [2.24, 2.45) is 0 Å². The van der Waals surface area contributed by atoms with Crippen LogP contribution in [0.15, 0.2) is 27.1 Å². The van der Waals surface area contributed by atoms with Crippen LogP contribution in [0.5, 0.6) is 0 Å². The van der Waals surface area contributed by atoms with E-state index in [-0.39, 0.29) is 5.82 Å². The van der Waals surface area contributed by atoms with Crippen molar-refractivity contribution in [2.75, 3.05) is 13.1 Å². The lowest BCUT2D eigenvalue weighted by Crippen LogP contribution is -2.14. The summed E-state index contributed by atoms with van der Waals surface area (Å²) in [5.41, 5.74) is 0.581. The van der Waals surface area contributed by atoms with E-state index in [9.17, 15) is 4.39 Å². The van der Waals surface area contributed by atoms with Crippen LogP contribution in [0.1, 0.15) is 19.2 Å². The molecule has 1 N–H and O–H groups in total. The zero-order chi connectivity index (χ0) is 13.7. The molecule has 2 rings (SSSR count). The molecule has 0 fully saturated rings. The summed E-state index contributed by atoms with van der Waals surface area (Å²) in [6.45, 7) is 3.93. The van der Waals surface area contributed by atoms with E-state index >= 15 is 0 Å². The number of nitrogens with zero attached hydrogens (tertiary/aromatic N) is 2. The standard InChI is InChI=1S/C13H15BrFN3O/c1-2-16-5-3-4-12-17-18-13(19-12)9-6-10(14)8-11(15)7-9/h6-8,16H,2-5H2,1H3. The minimum Gasteiger partial charge on any atom is -0.421 e. The highest BCUT2D eigenvalue weighted by Gasteiger charge is 2.10. The quantitative estimate of drug-likeness (QED) is 0.828. The van der Waals surface area contributed by atoms with Crippen LogP contribution in [-0.4, -0.2) is 23.3 Å². The molecule has 0 spiro atoms. The third kappa shape index (κ3) is 4.11. The average Bonchev–Trinajstić information content (AvgIpc) is 2.82. The van der Waals surface area contributed by atoms with Crippen molar-refractivity contribution in [3.8, 4) is 11.5 Å². The molecule has 0 aliphatic carbocycles. The molecule has 1 aromatic carbocycles. The molecule has 0 saturated carbocycles. The third-order valence-corrected chi connectivity index (χ3v) is 3.03. The minimum atomic E-state index is -0.337. The Morgan fingerprint density at radius 2 is 2.16 bits per heavy atom. The molecule has 0 atom stereocenters. The van der Waals surface area contributed by atoms with Gasteiger partial charge in [-0.2, -0.15) is 0 Å². The number of halogens is 2. The van der Waals surface area contributed by atoms with Crippen LogP contribution in [0.2, 0.25) is 0 Å². The summed E-state index contributed by atoms with van der Waals surface area (Å²) in [5.74, 6) is 0.586. The first kappa shape index (κ1) is 14.1. The highest BCUT2D eigenvalue weighted by atomic mass is 79.9. The Morgan fingerprint density at radius 3 is 2.89 bits per heavy atom. The van der Waals surface area contributed by atoms with Gasteiger partial charge >= 0.3 is 0 Å². The van der Waals surface area contributed by atoms with Crippen molar-refractivity contribution in [2.45, 2.75) is 19.8 Å². The zero-order valence-corrected chi connectivity index (χ0v) is 12.2. The fourth-order valence-electron chi connectivity index (χ4n) is 1.69. The van der Waals surface area contributed by atoms with E-state index in [1.54, 1.807) is 6.07 Å². The van der Waals surface area contributed by atoms with Crippen molar-refractivity contribution < 1.29 is 8.81 Å². The number of rotatable bonds is 6. The van der Waals surface area contributed by atoms with Crippen molar-refractivity contribution in [1.29, 1.82) is 0 Å². The molecule has 0 unspecified atom stereocenters. The van der Waals surface area contributed by atoms with Crippen LogP contribution in [0.25, 0.3) is 11.5 Å². The lowest BCUT2D eigenvalue weighted by atomic mass is 10.2. The van der Waals surface area contributed by atoms with Gasteiger partial charge in [0, 0.05) is 16.5 Å². The van der Waals surface area contributed by atoms with E-state index in [4.69, 9.17) is 4.42 Å². The van der Waals surface area contributed by atoms with Crippen LogP contribution in [0.4, 0.5) is 4.39 Å². The third-order valence-electron chi connectivity index (χ3n) is 2.57. The van der Waals surface area contributed by atoms with Gasteiger partial charge in [-0.3, -0.25) is 0 Å². The molecule has 0 saturated heterocycles. The monoisotopic (exact) mass is 327 g/mol.